The molecule has 1 aromatic carbocycles. The van der Waals surface area contributed by atoms with Gasteiger partial charge in [0, 0.05) is 23.4 Å². The number of rotatable bonds is 6. The van der Waals surface area contributed by atoms with Crippen molar-refractivity contribution in [2.75, 3.05) is 5.32 Å². The molecule has 0 aliphatic heterocycles. The van der Waals surface area contributed by atoms with E-state index in [1.165, 1.54) is 24.3 Å². The zero-order chi connectivity index (χ0) is 25.4. The number of carbonyl (C=O) groups is 1. The first-order valence-corrected chi connectivity index (χ1v) is 11.7. The molecular formula is C23H18F3N7O2S. The number of nitrogens with one attached hydrogen (secondary N) is 1. The van der Waals surface area contributed by atoms with Crippen molar-refractivity contribution in [3.8, 4) is 10.7 Å². The molecule has 0 unspecified atom stereocenters. The normalized spacial score (nSPS) is 11.8. The number of benzene rings is 1. The Kier molecular flexibility index (Phi) is 6.00. The molecule has 0 bridgehead atoms. The van der Waals surface area contributed by atoms with Gasteiger partial charge in [0.1, 0.15) is 17.2 Å². The van der Waals surface area contributed by atoms with E-state index in [2.05, 4.69) is 30.5 Å². The summed E-state index contributed by atoms with van der Waals surface area (Å²) in [7, 11) is 0. The maximum Gasteiger partial charge on any atom is 0.437 e. The van der Waals surface area contributed by atoms with E-state index >= 15 is 0 Å². The molecular weight excluding hydrogens is 495 g/mol. The average molecular weight is 514 g/mol. The summed E-state index contributed by atoms with van der Waals surface area (Å²) in [5.74, 6) is -0.192. The third-order valence-electron chi connectivity index (χ3n) is 5.44. The number of nitrogens with zero attached hydrogens (tertiary/aromatic N) is 6. The molecule has 0 radical (unpaired) electrons. The fourth-order valence-corrected chi connectivity index (χ4v) is 4.28. The Balaban J connectivity index is 1.55. The van der Waals surface area contributed by atoms with Crippen LogP contribution in [0.15, 0.2) is 46.4 Å². The number of hydrogen-bond donors (Lipinski definition) is 1. The Morgan fingerprint density at radius 2 is 2.03 bits per heavy atom. The molecule has 184 valence electrons. The summed E-state index contributed by atoms with van der Waals surface area (Å²) in [6, 6.07) is 8.42. The van der Waals surface area contributed by atoms with Crippen LogP contribution in [0, 0.1) is 6.92 Å². The number of halogens is 3. The summed E-state index contributed by atoms with van der Waals surface area (Å²) < 4.78 is 47.9. The molecule has 5 rings (SSSR count). The quantitative estimate of drug-likeness (QED) is 0.335. The lowest BCUT2D eigenvalue weighted by Crippen LogP contribution is -2.17. The van der Waals surface area contributed by atoms with E-state index in [1.54, 1.807) is 35.8 Å². The molecule has 13 heteroatoms. The number of aromatic nitrogens is 6. The van der Waals surface area contributed by atoms with Crippen molar-refractivity contribution in [3.63, 3.8) is 0 Å². The van der Waals surface area contributed by atoms with E-state index in [-0.39, 0.29) is 23.7 Å². The third-order valence-corrected chi connectivity index (χ3v) is 6.23. The number of pyridine rings is 1. The lowest BCUT2D eigenvalue weighted by Gasteiger charge is -2.11. The minimum atomic E-state index is -4.81. The van der Waals surface area contributed by atoms with Crippen LogP contribution in [0.25, 0.3) is 21.6 Å². The lowest BCUT2D eigenvalue weighted by molar-refractivity contribution is -0.140. The van der Waals surface area contributed by atoms with Crippen LogP contribution >= 0.6 is 11.3 Å². The van der Waals surface area contributed by atoms with Crippen LogP contribution in [0.1, 0.15) is 40.4 Å². The molecule has 0 saturated heterocycles. The van der Waals surface area contributed by atoms with Gasteiger partial charge in [-0.05, 0) is 19.1 Å². The second-order valence-corrected chi connectivity index (χ2v) is 8.68. The zero-order valence-electron chi connectivity index (χ0n) is 19.0. The SMILES string of the molecule is CCc1noc(Cn2nc(C(F)(F)F)c(NC(=O)c3cc(-c4nccs4)nc4ccccc34)c2C)n1. The largest absolute Gasteiger partial charge is 0.437 e. The predicted octanol–water partition coefficient (Wildman–Crippen LogP) is 5.13. The molecule has 1 amide bonds. The van der Waals surface area contributed by atoms with Gasteiger partial charge in [0.2, 0.25) is 5.89 Å². The molecule has 4 aromatic heterocycles. The molecule has 9 nitrogen and oxygen atoms in total. The van der Waals surface area contributed by atoms with Crippen molar-refractivity contribution >= 4 is 33.8 Å². The minimum absolute atomic E-state index is 0.0884. The molecule has 0 aliphatic carbocycles. The van der Waals surface area contributed by atoms with Crippen molar-refractivity contribution in [3.05, 3.63) is 70.6 Å². The fourth-order valence-electron chi connectivity index (χ4n) is 3.68. The maximum atomic E-state index is 13.9. The number of alkyl halides is 3. The Bertz CT molecular complexity index is 1560. The number of fused-ring (bicyclic) bond motifs is 1. The van der Waals surface area contributed by atoms with Crippen molar-refractivity contribution < 1.29 is 22.5 Å². The van der Waals surface area contributed by atoms with E-state index in [9.17, 15) is 18.0 Å². The summed E-state index contributed by atoms with van der Waals surface area (Å²) in [6.45, 7) is 3.08. The van der Waals surface area contributed by atoms with Crippen molar-refractivity contribution in [2.24, 2.45) is 0 Å². The van der Waals surface area contributed by atoms with Gasteiger partial charge in [0.25, 0.3) is 5.91 Å². The van der Waals surface area contributed by atoms with Crippen LogP contribution in [-0.2, 0) is 19.1 Å². The highest BCUT2D eigenvalue weighted by Crippen LogP contribution is 2.37. The number of hydrogen-bond acceptors (Lipinski definition) is 8. The maximum absolute atomic E-state index is 13.9. The molecule has 0 atom stereocenters. The zero-order valence-corrected chi connectivity index (χ0v) is 19.8. The number of carbonyl (C=O) groups excluding carboxylic acids is 1. The van der Waals surface area contributed by atoms with Crippen LogP contribution in [0.3, 0.4) is 0 Å². The second kappa shape index (κ2) is 9.15. The molecule has 36 heavy (non-hydrogen) atoms. The van der Waals surface area contributed by atoms with Gasteiger partial charge in [-0.1, -0.05) is 30.3 Å². The standard InChI is InChI=1S/C23H18F3N7O2S/c1-3-17-29-18(35-32-17)11-33-12(2)19(20(31-33)23(24,25)26)30-21(34)14-10-16(22-27-8-9-36-22)28-15-7-5-4-6-13(14)15/h4-10H,3,11H2,1-2H3,(H,30,34). The van der Waals surface area contributed by atoms with Gasteiger partial charge in [-0.2, -0.15) is 23.3 Å². The van der Waals surface area contributed by atoms with E-state index in [1.807, 2.05) is 6.92 Å². The van der Waals surface area contributed by atoms with E-state index in [4.69, 9.17) is 4.52 Å². The molecule has 4 heterocycles. The first-order valence-electron chi connectivity index (χ1n) is 10.8. The van der Waals surface area contributed by atoms with E-state index < -0.39 is 23.5 Å². The number of anilines is 1. The summed E-state index contributed by atoms with van der Waals surface area (Å²) in [4.78, 5) is 26.3. The number of thiazole rings is 1. The second-order valence-electron chi connectivity index (χ2n) is 7.79. The number of amides is 1. The average Bonchev–Trinajstić information content (AvgIpc) is 3.61. The molecule has 5 aromatic rings. The molecule has 0 saturated carbocycles. The van der Waals surface area contributed by atoms with E-state index in [0.29, 0.717) is 33.8 Å². The highest BCUT2D eigenvalue weighted by molar-refractivity contribution is 7.13. The Morgan fingerprint density at radius 3 is 2.72 bits per heavy atom. The van der Waals surface area contributed by atoms with Crippen LogP contribution in [0.5, 0.6) is 0 Å². The Hall–Kier alpha value is -4.13. The Labute approximate surface area is 206 Å². The highest BCUT2D eigenvalue weighted by atomic mass is 32.1. The summed E-state index contributed by atoms with van der Waals surface area (Å²) >= 11 is 1.34. The molecule has 1 N–H and O–H groups in total. The minimum Gasteiger partial charge on any atom is -0.337 e. The van der Waals surface area contributed by atoms with Crippen LogP contribution < -0.4 is 5.32 Å². The molecule has 0 fully saturated rings. The lowest BCUT2D eigenvalue weighted by atomic mass is 10.1. The number of para-hydroxylation sites is 1. The monoisotopic (exact) mass is 513 g/mol. The van der Waals surface area contributed by atoms with Gasteiger partial charge in [-0.25, -0.2) is 9.97 Å². The van der Waals surface area contributed by atoms with Gasteiger partial charge >= 0.3 is 6.18 Å². The van der Waals surface area contributed by atoms with Gasteiger partial charge in [-0.3, -0.25) is 9.48 Å². The summed E-state index contributed by atoms with van der Waals surface area (Å²) in [5.41, 5.74) is -0.454. The van der Waals surface area contributed by atoms with Gasteiger partial charge in [0.15, 0.2) is 11.5 Å². The van der Waals surface area contributed by atoms with Crippen LogP contribution in [-0.4, -0.2) is 35.8 Å². The van der Waals surface area contributed by atoms with E-state index in [0.717, 1.165) is 4.68 Å². The van der Waals surface area contributed by atoms with Crippen molar-refractivity contribution in [1.29, 1.82) is 0 Å². The summed E-state index contributed by atoms with van der Waals surface area (Å²) in [5, 5.41) is 12.7. The van der Waals surface area contributed by atoms with Gasteiger partial charge < -0.3 is 9.84 Å². The summed E-state index contributed by atoms with van der Waals surface area (Å²) in [6.07, 6.45) is -2.69. The molecule has 0 spiro atoms. The van der Waals surface area contributed by atoms with Crippen LogP contribution in [0.2, 0.25) is 0 Å². The Morgan fingerprint density at radius 1 is 1.22 bits per heavy atom. The van der Waals surface area contributed by atoms with Crippen molar-refractivity contribution in [1.82, 2.24) is 29.9 Å². The third kappa shape index (κ3) is 4.44. The first-order chi connectivity index (χ1) is 17.2. The van der Waals surface area contributed by atoms with Crippen molar-refractivity contribution in [2.45, 2.75) is 33.0 Å². The predicted molar refractivity (Wildman–Crippen MR) is 126 cm³/mol. The van der Waals surface area contributed by atoms with Gasteiger partial charge in [-0.15, -0.1) is 11.3 Å². The number of aryl methyl sites for hydroxylation is 1. The first kappa shape index (κ1) is 23.6. The van der Waals surface area contributed by atoms with Crippen LogP contribution in [0.4, 0.5) is 18.9 Å². The topological polar surface area (TPSA) is 112 Å². The molecule has 0 aliphatic rings. The fraction of sp³-hybridized carbons (Fsp3) is 0.217. The smallest absolute Gasteiger partial charge is 0.337 e. The van der Waals surface area contributed by atoms with Gasteiger partial charge in [0.05, 0.1) is 22.5 Å². The highest BCUT2D eigenvalue weighted by Gasteiger charge is 2.39.